The highest BCUT2D eigenvalue weighted by atomic mass is 16.6. The molecule has 0 aliphatic carbocycles. The molecule has 0 fully saturated rings. The van der Waals surface area contributed by atoms with Gasteiger partial charge in [0.25, 0.3) is 0 Å². The van der Waals surface area contributed by atoms with Gasteiger partial charge in [0, 0.05) is 12.1 Å². The number of carbonyl (C=O) groups excluding carboxylic acids is 1. The molecule has 0 saturated carbocycles. The molecule has 1 amide bonds. The van der Waals surface area contributed by atoms with Crippen molar-refractivity contribution in [2.24, 2.45) is 0 Å². The number of nitrogens with zero attached hydrogens (tertiary/aromatic N) is 3. The van der Waals surface area contributed by atoms with Crippen LogP contribution in [0, 0.1) is 13.8 Å². The molecule has 3 heterocycles. The summed E-state index contributed by atoms with van der Waals surface area (Å²) in [6.07, 6.45) is 2.65. The van der Waals surface area contributed by atoms with E-state index >= 15 is 0 Å². The van der Waals surface area contributed by atoms with E-state index in [4.69, 9.17) is 9.47 Å². The van der Waals surface area contributed by atoms with Crippen LogP contribution in [0.4, 0.5) is 5.69 Å². The lowest BCUT2D eigenvalue weighted by molar-refractivity contribution is -0.116. The van der Waals surface area contributed by atoms with Crippen molar-refractivity contribution < 1.29 is 14.3 Å². The first-order valence-electron chi connectivity index (χ1n) is 9.26. The van der Waals surface area contributed by atoms with E-state index in [-0.39, 0.29) is 5.91 Å². The van der Waals surface area contributed by atoms with E-state index < -0.39 is 0 Å². The van der Waals surface area contributed by atoms with Gasteiger partial charge in [-0.3, -0.25) is 4.79 Å². The Labute approximate surface area is 163 Å². The zero-order valence-electron chi connectivity index (χ0n) is 15.9. The van der Waals surface area contributed by atoms with Crippen molar-refractivity contribution in [3.63, 3.8) is 0 Å². The first-order valence-corrected chi connectivity index (χ1v) is 9.26. The van der Waals surface area contributed by atoms with Crippen molar-refractivity contribution in [1.29, 1.82) is 0 Å². The van der Waals surface area contributed by atoms with Crippen molar-refractivity contribution in [3.8, 4) is 17.3 Å². The van der Waals surface area contributed by atoms with Crippen LogP contribution < -0.4 is 14.8 Å². The van der Waals surface area contributed by atoms with Gasteiger partial charge < -0.3 is 14.8 Å². The van der Waals surface area contributed by atoms with E-state index in [0.717, 1.165) is 34.3 Å². The van der Waals surface area contributed by atoms with Crippen LogP contribution in [-0.2, 0) is 11.2 Å². The number of aryl methyl sites for hydroxylation is 3. The Balaban J connectivity index is 1.34. The predicted octanol–water partition coefficient (Wildman–Crippen LogP) is 3.23. The van der Waals surface area contributed by atoms with Gasteiger partial charge in [-0.15, -0.1) is 0 Å². The second-order valence-corrected chi connectivity index (χ2v) is 6.77. The van der Waals surface area contributed by atoms with E-state index in [9.17, 15) is 4.79 Å². The number of anilines is 1. The van der Waals surface area contributed by atoms with Crippen LogP contribution in [0.1, 0.15) is 23.4 Å². The second-order valence-electron chi connectivity index (χ2n) is 6.77. The third-order valence-electron chi connectivity index (χ3n) is 4.51. The van der Waals surface area contributed by atoms with Crippen LogP contribution in [-0.4, -0.2) is 33.9 Å². The molecule has 28 heavy (non-hydrogen) atoms. The first-order chi connectivity index (χ1) is 13.6. The number of benzene rings is 1. The molecule has 7 nitrogen and oxygen atoms in total. The Bertz CT molecular complexity index is 995. The normalized spacial score (nSPS) is 12.6. The van der Waals surface area contributed by atoms with Crippen LogP contribution in [0.5, 0.6) is 11.5 Å². The average molecular weight is 378 g/mol. The highest BCUT2D eigenvalue weighted by Gasteiger charge is 2.12. The molecule has 2 aromatic heterocycles. The Hall–Kier alpha value is -3.35. The maximum atomic E-state index is 12.3. The summed E-state index contributed by atoms with van der Waals surface area (Å²) >= 11 is 0. The Kier molecular flexibility index (Phi) is 4.97. The van der Waals surface area contributed by atoms with Gasteiger partial charge in [0.2, 0.25) is 5.91 Å². The minimum absolute atomic E-state index is 0.0597. The van der Waals surface area contributed by atoms with Gasteiger partial charge in [-0.2, -0.15) is 5.10 Å². The number of pyridine rings is 1. The first kappa shape index (κ1) is 18.0. The van der Waals surface area contributed by atoms with Gasteiger partial charge in [0.15, 0.2) is 17.3 Å². The minimum atomic E-state index is -0.0597. The molecule has 0 radical (unpaired) electrons. The monoisotopic (exact) mass is 378 g/mol. The molecule has 1 aromatic carbocycles. The lowest BCUT2D eigenvalue weighted by Gasteiger charge is -2.18. The van der Waals surface area contributed by atoms with E-state index in [0.29, 0.717) is 31.7 Å². The smallest absolute Gasteiger partial charge is 0.224 e. The number of fused-ring (bicyclic) bond motifs is 1. The summed E-state index contributed by atoms with van der Waals surface area (Å²) in [5.74, 6) is 2.16. The Morgan fingerprint density at radius 2 is 1.93 bits per heavy atom. The topological polar surface area (TPSA) is 78.3 Å². The van der Waals surface area contributed by atoms with Crippen molar-refractivity contribution >= 4 is 11.6 Å². The van der Waals surface area contributed by atoms with Gasteiger partial charge in [0.05, 0.1) is 17.6 Å². The van der Waals surface area contributed by atoms with E-state index in [1.54, 1.807) is 10.9 Å². The SMILES string of the molecule is Cc1cc(C)n(-c2ccc(NC(=O)CCc3ccc4c(c3)OCCO4)cn2)n1. The number of amides is 1. The fraction of sp³-hybridized carbons (Fsp3) is 0.286. The maximum absolute atomic E-state index is 12.3. The summed E-state index contributed by atoms with van der Waals surface area (Å²) in [4.78, 5) is 16.7. The van der Waals surface area contributed by atoms with Gasteiger partial charge in [0.1, 0.15) is 13.2 Å². The lowest BCUT2D eigenvalue weighted by atomic mass is 10.1. The average Bonchev–Trinajstić information content (AvgIpc) is 3.05. The summed E-state index contributed by atoms with van der Waals surface area (Å²) in [7, 11) is 0. The number of rotatable bonds is 5. The molecule has 1 aliphatic heterocycles. The molecule has 7 heteroatoms. The van der Waals surface area contributed by atoms with Crippen LogP contribution in [0.2, 0.25) is 0 Å². The summed E-state index contributed by atoms with van der Waals surface area (Å²) in [6.45, 7) is 5.05. The zero-order chi connectivity index (χ0) is 19.5. The summed E-state index contributed by atoms with van der Waals surface area (Å²) in [5.41, 5.74) is 3.66. The number of nitrogens with one attached hydrogen (secondary N) is 1. The molecule has 0 saturated heterocycles. The number of hydrogen-bond acceptors (Lipinski definition) is 5. The quantitative estimate of drug-likeness (QED) is 0.737. The largest absolute Gasteiger partial charge is 0.486 e. The second kappa shape index (κ2) is 7.72. The Morgan fingerprint density at radius 3 is 2.64 bits per heavy atom. The standard InChI is InChI=1S/C21H22N4O3/c1-14-11-15(2)25(24-14)20-7-5-17(13-22-20)23-21(26)8-4-16-3-6-18-19(12-16)28-10-9-27-18/h3,5-7,11-13H,4,8-10H2,1-2H3,(H,23,26). The third-order valence-corrected chi connectivity index (χ3v) is 4.51. The molecule has 0 unspecified atom stereocenters. The van der Waals surface area contributed by atoms with Crippen LogP contribution in [0.15, 0.2) is 42.6 Å². The van der Waals surface area contributed by atoms with E-state index in [1.165, 1.54) is 0 Å². The van der Waals surface area contributed by atoms with Gasteiger partial charge in [-0.25, -0.2) is 9.67 Å². The summed E-state index contributed by atoms with van der Waals surface area (Å²) in [5, 5.41) is 7.30. The molecule has 0 bridgehead atoms. The lowest BCUT2D eigenvalue weighted by Crippen LogP contribution is -2.16. The zero-order valence-corrected chi connectivity index (χ0v) is 15.9. The number of carbonyl (C=O) groups is 1. The molecule has 3 aromatic rings. The number of aromatic nitrogens is 3. The molecule has 0 atom stereocenters. The van der Waals surface area contributed by atoms with Crippen molar-refractivity contribution in [2.75, 3.05) is 18.5 Å². The fourth-order valence-corrected chi connectivity index (χ4v) is 3.17. The molecule has 4 rings (SSSR count). The molecule has 0 spiro atoms. The van der Waals surface area contributed by atoms with Gasteiger partial charge >= 0.3 is 0 Å². The van der Waals surface area contributed by atoms with Crippen molar-refractivity contribution in [3.05, 3.63) is 59.5 Å². The van der Waals surface area contributed by atoms with Crippen LogP contribution in [0.3, 0.4) is 0 Å². The molecule has 144 valence electrons. The fourth-order valence-electron chi connectivity index (χ4n) is 3.17. The van der Waals surface area contributed by atoms with Gasteiger partial charge in [-0.05, 0) is 56.2 Å². The van der Waals surface area contributed by atoms with Crippen LogP contribution in [0.25, 0.3) is 5.82 Å². The minimum Gasteiger partial charge on any atom is -0.486 e. The maximum Gasteiger partial charge on any atom is 0.224 e. The molecule has 1 N–H and O–H groups in total. The molecule has 1 aliphatic rings. The summed E-state index contributed by atoms with van der Waals surface area (Å²) < 4.78 is 12.9. The molecular weight excluding hydrogens is 356 g/mol. The third kappa shape index (κ3) is 3.98. The predicted molar refractivity (Wildman–Crippen MR) is 105 cm³/mol. The van der Waals surface area contributed by atoms with Crippen molar-refractivity contribution in [2.45, 2.75) is 26.7 Å². The van der Waals surface area contributed by atoms with Gasteiger partial charge in [-0.1, -0.05) is 6.07 Å². The number of ether oxygens (including phenoxy) is 2. The molecular formula is C21H22N4O3. The highest BCUT2D eigenvalue weighted by molar-refractivity contribution is 5.90. The highest BCUT2D eigenvalue weighted by Crippen LogP contribution is 2.31. The number of hydrogen-bond donors (Lipinski definition) is 1. The summed E-state index contributed by atoms with van der Waals surface area (Å²) in [6, 6.07) is 11.5. The van der Waals surface area contributed by atoms with E-state index in [1.807, 2.05) is 50.2 Å². The Morgan fingerprint density at radius 1 is 1.11 bits per heavy atom. The van der Waals surface area contributed by atoms with Crippen molar-refractivity contribution in [1.82, 2.24) is 14.8 Å². The van der Waals surface area contributed by atoms with Crippen LogP contribution >= 0.6 is 0 Å². The van der Waals surface area contributed by atoms with E-state index in [2.05, 4.69) is 15.4 Å².